The highest BCUT2D eigenvalue weighted by molar-refractivity contribution is 5.68. The van der Waals surface area contributed by atoms with Crippen molar-refractivity contribution in [3.63, 3.8) is 0 Å². The third-order valence-corrected chi connectivity index (χ3v) is 3.23. The van der Waals surface area contributed by atoms with Gasteiger partial charge in [-0.05, 0) is 20.3 Å². The Morgan fingerprint density at radius 2 is 1.74 bits per heavy atom. The van der Waals surface area contributed by atoms with Crippen molar-refractivity contribution in [3.8, 4) is 11.3 Å². The van der Waals surface area contributed by atoms with E-state index in [0.29, 0.717) is 0 Å². The lowest BCUT2D eigenvalue weighted by atomic mass is 10.1. The topological polar surface area (TPSA) is 37.8 Å². The number of aryl methyl sites for hydroxylation is 2. The van der Waals surface area contributed by atoms with Crippen LogP contribution in [0.4, 0.5) is 5.82 Å². The van der Waals surface area contributed by atoms with Crippen LogP contribution in [-0.2, 0) is 6.42 Å². The van der Waals surface area contributed by atoms with E-state index in [1.165, 1.54) is 5.56 Å². The molecule has 0 fully saturated rings. The minimum Gasteiger partial charge on any atom is -0.373 e. The Balaban J connectivity index is 2.54. The molecule has 0 aliphatic carbocycles. The van der Waals surface area contributed by atoms with E-state index in [1.54, 1.807) is 0 Å². The maximum absolute atomic E-state index is 4.72. The molecule has 0 atom stereocenters. The summed E-state index contributed by atoms with van der Waals surface area (Å²) in [7, 11) is 1.91. The van der Waals surface area contributed by atoms with Crippen molar-refractivity contribution >= 4 is 5.82 Å². The second-order valence-corrected chi connectivity index (χ2v) is 4.83. The van der Waals surface area contributed by atoms with Crippen LogP contribution in [0.2, 0.25) is 0 Å². The number of rotatable bonds is 4. The number of nitrogens with zero attached hydrogens (tertiary/aromatic N) is 2. The Bertz CT molecular complexity index is 559. The number of aromatic nitrogens is 2. The highest BCUT2D eigenvalue weighted by Crippen LogP contribution is 2.26. The summed E-state index contributed by atoms with van der Waals surface area (Å²) >= 11 is 0. The van der Waals surface area contributed by atoms with Gasteiger partial charge in [0.1, 0.15) is 11.6 Å². The lowest BCUT2D eigenvalue weighted by molar-refractivity contribution is 0.834. The summed E-state index contributed by atoms with van der Waals surface area (Å²) in [5.74, 6) is 1.84. The largest absolute Gasteiger partial charge is 0.373 e. The Morgan fingerprint density at radius 1 is 1.05 bits per heavy atom. The van der Waals surface area contributed by atoms with E-state index in [-0.39, 0.29) is 0 Å². The van der Waals surface area contributed by atoms with Gasteiger partial charge in [0.2, 0.25) is 0 Å². The van der Waals surface area contributed by atoms with Gasteiger partial charge in [-0.3, -0.25) is 0 Å². The van der Waals surface area contributed by atoms with Crippen molar-refractivity contribution in [1.29, 1.82) is 0 Å². The van der Waals surface area contributed by atoms with Gasteiger partial charge < -0.3 is 5.32 Å². The first kappa shape index (κ1) is 13.5. The van der Waals surface area contributed by atoms with Crippen LogP contribution in [0.5, 0.6) is 0 Å². The van der Waals surface area contributed by atoms with Crippen molar-refractivity contribution < 1.29 is 0 Å². The van der Waals surface area contributed by atoms with Crippen LogP contribution in [0.15, 0.2) is 24.3 Å². The molecule has 0 bridgehead atoms. The van der Waals surface area contributed by atoms with E-state index in [0.717, 1.165) is 41.3 Å². The lowest BCUT2D eigenvalue weighted by Gasteiger charge is -2.12. The summed E-state index contributed by atoms with van der Waals surface area (Å²) in [5.41, 5.74) is 4.55. The molecule has 3 nitrogen and oxygen atoms in total. The highest BCUT2D eigenvalue weighted by Gasteiger charge is 2.11. The first-order valence-corrected chi connectivity index (χ1v) is 6.78. The van der Waals surface area contributed by atoms with E-state index in [2.05, 4.69) is 55.3 Å². The van der Waals surface area contributed by atoms with Gasteiger partial charge in [0, 0.05) is 24.6 Å². The highest BCUT2D eigenvalue weighted by atomic mass is 15.0. The van der Waals surface area contributed by atoms with Gasteiger partial charge in [-0.15, -0.1) is 0 Å². The fourth-order valence-corrected chi connectivity index (χ4v) is 2.13. The Morgan fingerprint density at radius 3 is 2.32 bits per heavy atom. The molecule has 0 saturated carbocycles. The van der Waals surface area contributed by atoms with Gasteiger partial charge in [-0.25, -0.2) is 9.97 Å². The van der Waals surface area contributed by atoms with Crippen LogP contribution in [-0.4, -0.2) is 17.0 Å². The molecule has 0 amide bonds. The van der Waals surface area contributed by atoms with Crippen molar-refractivity contribution in [2.24, 2.45) is 0 Å². The van der Waals surface area contributed by atoms with E-state index >= 15 is 0 Å². The molecule has 2 aromatic rings. The van der Waals surface area contributed by atoms with Crippen LogP contribution < -0.4 is 5.32 Å². The third-order valence-electron chi connectivity index (χ3n) is 3.23. The summed E-state index contributed by atoms with van der Waals surface area (Å²) in [5, 5.41) is 3.16. The predicted molar refractivity (Wildman–Crippen MR) is 80.5 cm³/mol. The fourth-order valence-electron chi connectivity index (χ4n) is 2.13. The predicted octanol–water partition coefficient (Wildman–Crippen LogP) is 3.75. The monoisotopic (exact) mass is 255 g/mol. The Kier molecular flexibility index (Phi) is 4.15. The maximum Gasteiger partial charge on any atom is 0.132 e. The second-order valence-electron chi connectivity index (χ2n) is 4.83. The van der Waals surface area contributed by atoms with Crippen LogP contribution in [0.3, 0.4) is 0 Å². The molecule has 100 valence electrons. The zero-order valence-electron chi connectivity index (χ0n) is 12.1. The molecule has 1 N–H and O–H groups in total. The number of benzene rings is 1. The molecule has 0 unspecified atom stereocenters. The van der Waals surface area contributed by atoms with Crippen molar-refractivity contribution in [2.75, 3.05) is 12.4 Å². The van der Waals surface area contributed by atoms with Crippen LogP contribution in [0.25, 0.3) is 11.3 Å². The van der Waals surface area contributed by atoms with Gasteiger partial charge in [-0.1, -0.05) is 36.8 Å². The first-order chi connectivity index (χ1) is 9.15. The van der Waals surface area contributed by atoms with Crippen molar-refractivity contribution in [2.45, 2.75) is 33.6 Å². The maximum atomic E-state index is 4.72. The molecular weight excluding hydrogens is 234 g/mol. The minimum absolute atomic E-state index is 0.910. The zero-order chi connectivity index (χ0) is 13.8. The summed E-state index contributed by atoms with van der Waals surface area (Å²) in [6.45, 7) is 6.31. The second kappa shape index (κ2) is 5.83. The molecule has 0 saturated heterocycles. The Labute approximate surface area is 115 Å². The standard InChI is InChI=1S/C16H21N3/c1-5-6-14-18-15(12(3)16(17-4)19-14)13-9-7-11(2)8-10-13/h7-10H,5-6H2,1-4H3,(H,17,18,19). The molecule has 3 heteroatoms. The molecule has 19 heavy (non-hydrogen) atoms. The number of hydrogen-bond donors (Lipinski definition) is 1. The molecule has 0 radical (unpaired) electrons. The number of nitrogens with one attached hydrogen (secondary N) is 1. The summed E-state index contributed by atoms with van der Waals surface area (Å²) in [6, 6.07) is 8.49. The van der Waals surface area contributed by atoms with Crippen LogP contribution >= 0.6 is 0 Å². The number of hydrogen-bond acceptors (Lipinski definition) is 3. The molecule has 1 heterocycles. The van der Waals surface area contributed by atoms with Gasteiger partial charge in [-0.2, -0.15) is 0 Å². The summed E-state index contributed by atoms with van der Waals surface area (Å²) in [4.78, 5) is 9.28. The summed E-state index contributed by atoms with van der Waals surface area (Å²) < 4.78 is 0. The van der Waals surface area contributed by atoms with Crippen LogP contribution in [0.1, 0.15) is 30.3 Å². The van der Waals surface area contributed by atoms with E-state index < -0.39 is 0 Å². The Hall–Kier alpha value is -1.90. The van der Waals surface area contributed by atoms with Crippen molar-refractivity contribution in [1.82, 2.24) is 9.97 Å². The molecular formula is C16H21N3. The smallest absolute Gasteiger partial charge is 0.132 e. The van der Waals surface area contributed by atoms with Gasteiger partial charge in [0.25, 0.3) is 0 Å². The number of anilines is 1. The minimum atomic E-state index is 0.910. The fraction of sp³-hybridized carbons (Fsp3) is 0.375. The van der Waals surface area contributed by atoms with Crippen molar-refractivity contribution in [3.05, 3.63) is 41.2 Å². The molecule has 0 spiro atoms. The molecule has 0 aliphatic rings. The quantitative estimate of drug-likeness (QED) is 0.904. The van der Waals surface area contributed by atoms with Gasteiger partial charge in [0.15, 0.2) is 0 Å². The molecule has 0 aliphatic heterocycles. The average molecular weight is 255 g/mol. The van der Waals surface area contributed by atoms with Crippen LogP contribution in [0, 0.1) is 13.8 Å². The van der Waals surface area contributed by atoms with Gasteiger partial charge >= 0.3 is 0 Å². The van der Waals surface area contributed by atoms with E-state index in [1.807, 2.05) is 7.05 Å². The lowest BCUT2D eigenvalue weighted by Crippen LogP contribution is -2.05. The van der Waals surface area contributed by atoms with E-state index in [4.69, 9.17) is 4.98 Å². The van der Waals surface area contributed by atoms with Gasteiger partial charge in [0.05, 0.1) is 5.69 Å². The summed E-state index contributed by atoms with van der Waals surface area (Å²) in [6.07, 6.45) is 1.97. The first-order valence-electron chi connectivity index (χ1n) is 6.78. The SMILES string of the molecule is CCCc1nc(NC)c(C)c(-c2ccc(C)cc2)n1. The normalized spacial score (nSPS) is 10.5. The third kappa shape index (κ3) is 2.92. The molecule has 2 rings (SSSR count). The van der Waals surface area contributed by atoms with E-state index in [9.17, 15) is 0 Å². The molecule has 1 aromatic heterocycles. The molecule has 1 aromatic carbocycles. The average Bonchev–Trinajstić information content (AvgIpc) is 2.42. The zero-order valence-corrected chi connectivity index (χ0v) is 12.1.